The fraction of sp³-hybridized carbons (Fsp3) is 0.364. The Morgan fingerprint density at radius 1 is 1.50 bits per heavy atom. The van der Waals surface area contributed by atoms with Crippen LogP contribution in [0.15, 0.2) is 27.2 Å². The number of nitrogens with two attached hydrogens (primary N) is 1. The van der Waals surface area contributed by atoms with E-state index in [0.29, 0.717) is 25.3 Å². The van der Waals surface area contributed by atoms with Gasteiger partial charge in [0, 0.05) is 13.0 Å². The van der Waals surface area contributed by atoms with E-state index >= 15 is 0 Å². The number of nitrogens with zero attached hydrogens (tertiary/aromatic N) is 3. The van der Waals surface area contributed by atoms with Crippen molar-refractivity contribution < 1.29 is 13.6 Å². The Hall–Kier alpha value is -2.15. The van der Waals surface area contributed by atoms with Crippen molar-refractivity contribution >= 4 is 11.9 Å². The van der Waals surface area contributed by atoms with E-state index in [1.807, 2.05) is 0 Å². The number of hydrogen-bond acceptors (Lipinski definition) is 6. The summed E-state index contributed by atoms with van der Waals surface area (Å²) in [5.41, 5.74) is 5.56. The van der Waals surface area contributed by atoms with Crippen molar-refractivity contribution in [2.45, 2.75) is 6.42 Å². The first-order valence-corrected chi connectivity index (χ1v) is 5.65. The lowest BCUT2D eigenvalue weighted by Crippen LogP contribution is -2.26. The third-order valence-electron chi connectivity index (χ3n) is 2.92. The first kappa shape index (κ1) is 11.0. The largest absolute Gasteiger partial charge is 0.459 e. The number of hydrogen-bond donors (Lipinski definition) is 1. The van der Waals surface area contributed by atoms with Crippen molar-refractivity contribution in [3.05, 3.63) is 18.4 Å². The molecular weight excluding hydrogens is 236 g/mol. The average molecular weight is 248 g/mol. The second-order valence-corrected chi connectivity index (χ2v) is 4.18. The number of amides is 1. The minimum absolute atomic E-state index is 0.0416. The predicted octanol–water partition coefficient (Wildman–Crippen LogP) is 0.641. The van der Waals surface area contributed by atoms with Gasteiger partial charge in [-0.25, -0.2) is 0 Å². The molecule has 18 heavy (non-hydrogen) atoms. The molecule has 0 saturated carbocycles. The van der Waals surface area contributed by atoms with E-state index in [9.17, 15) is 4.79 Å². The molecule has 1 aliphatic heterocycles. The number of rotatable bonds is 3. The maximum atomic E-state index is 11.8. The summed E-state index contributed by atoms with van der Waals surface area (Å²) in [5, 5.41) is 7.71. The summed E-state index contributed by atoms with van der Waals surface area (Å²) in [6, 6.07) is 3.64. The summed E-state index contributed by atoms with van der Waals surface area (Å²) >= 11 is 0. The van der Waals surface area contributed by atoms with Gasteiger partial charge >= 0.3 is 6.01 Å². The van der Waals surface area contributed by atoms with Crippen molar-refractivity contribution in [1.82, 2.24) is 10.2 Å². The zero-order valence-electron chi connectivity index (χ0n) is 9.57. The van der Waals surface area contributed by atoms with Crippen LogP contribution < -0.4 is 10.6 Å². The van der Waals surface area contributed by atoms with Gasteiger partial charge in [0.1, 0.15) is 0 Å². The molecule has 94 valence electrons. The number of carbonyl (C=O) groups is 1. The topological polar surface area (TPSA) is 98.4 Å². The zero-order chi connectivity index (χ0) is 12.5. The van der Waals surface area contributed by atoms with E-state index in [0.717, 1.165) is 0 Å². The van der Waals surface area contributed by atoms with Crippen LogP contribution >= 0.6 is 0 Å². The Morgan fingerprint density at radius 3 is 3.06 bits per heavy atom. The lowest BCUT2D eigenvalue weighted by molar-refractivity contribution is -0.117. The Morgan fingerprint density at radius 2 is 2.39 bits per heavy atom. The molecule has 3 heterocycles. The molecular formula is C11H12N4O3. The lowest BCUT2D eigenvalue weighted by atomic mass is 10.1. The van der Waals surface area contributed by atoms with E-state index < -0.39 is 0 Å². The molecule has 1 fully saturated rings. The average Bonchev–Trinajstić information content (AvgIpc) is 3.08. The van der Waals surface area contributed by atoms with Crippen molar-refractivity contribution in [2.24, 2.45) is 11.7 Å². The maximum Gasteiger partial charge on any atom is 0.325 e. The number of anilines is 1. The molecule has 0 aromatic carbocycles. The van der Waals surface area contributed by atoms with Crippen molar-refractivity contribution in [2.75, 3.05) is 18.0 Å². The summed E-state index contributed by atoms with van der Waals surface area (Å²) in [4.78, 5) is 13.2. The number of carbonyl (C=O) groups excluding carboxylic acids is 1. The summed E-state index contributed by atoms with van der Waals surface area (Å²) in [6.07, 6.45) is 1.94. The van der Waals surface area contributed by atoms with Crippen LogP contribution in [0, 0.1) is 5.92 Å². The highest BCUT2D eigenvalue weighted by molar-refractivity contribution is 5.93. The number of furan rings is 1. The third-order valence-corrected chi connectivity index (χ3v) is 2.92. The molecule has 2 aromatic heterocycles. The van der Waals surface area contributed by atoms with Crippen LogP contribution in [-0.4, -0.2) is 29.2 Å². The first-order chi connectivity index (χ1) is 8.78. The standard InChI is InChI=1S/C11H12N4O3/c12-5-7-4-9(16)15(6-7)11-14-13-10(18-11)8-2-1-3-17-8/h1-3,7H,4-6,12H2. The Bertz CT molecular complexity index is 548. The molecule has 0 spiro atoms. The van der Waals surface area contributed by atoms with E-state index in [1.165, 1.54) is 11.2 Å². The van der Waals surface area contributed by atoms with Gasteiger partial charge in [0.05, 0.1) is 6.26 Å². The fourth-order valence-corrected chi connectivity index (χ4v) is 1.95. The van der Waals surface area contributed by atoms with Crippen LogP contribution in [0.3, 0.4) is 0 Å². The van der Waals surface area contributed by atoms with Crippen molar-refractivity contribution in [3.63, 3.8) is 0 Å². The van der Waals surface area contributed by atoms with Gasteiger partial charge in [-0.3, -0.25) is 9.69 Å². The lowest BCUT2D eigenvalue weighted by Gasteiger charge is -2.09. The predicted molar refractivity (Wildman–Crippen MR) is 61.5 cm³/mol. The third kappa shape index (κ3) is 1.78. The number of aromatic nitrogens is 2. The van der Waals surface area contributed by atoms with E-state index in [-0.39, 0.29) is 23.7 Å². The van der Waals surface area contributed by atoms with E-state index in [4.69, 9.17) is 14.6 Å². The van der Waals surface area contributed by atoms with Crippen molar-refractivity contribution in [3.8, 4) is 11.7 Å². The van der Waals surface area contributed by atoms with Crippen LogP contribution in [0.1, 0.15) is 6.42 Å². The molecule has 0 aliphatic carbocycles. The van der Waals surface area contributed by atoms with Gasteiger partial charge in [-0.2, -0.15) is 0 Å². The zero-order valence-corrected chi connectivity index (χ0v) is 9.57. The molecule has 3 rings (SSSR count). The molecule has 1 unspecified atom stereocenters. The van der Waals surface area contributed by atoms with Crippen LogP contribution in [0.2, 0.25) is 0 Å². The SMILES string of the molecule is NCC1CC(=O)N(c2nnc(-c3ccco3)o2)C1. The highest BCUT2D eigenvalue weighted by Crippen LogP contribution is 2.26. The molecule has 0 radical (unpaired) electrons. The molecule has 1 atom stereocenters. The van der Waals surface area contributed by atoms with Gasteiger partial charge in [-0.05, 0) is 24.6 Å². The highest BCUT2D eigenvalue weighted by atomic mass is 16.4. The molecule has 1 aliphatic rings. The second-order valence-electron chi connectivity index (χ2n) is 4.18. The second kappa shape index (κ2) is 4.26. The minimum atomic E-state index is -0.0416. The van der Waals surface area contributed by atoms with E-state index in [1.54, 1.807) is 12.1 Å². The summed E-state index contributed by atoms with van der Waals surface area (Å²) < 4.78 is 10.6. The van der Waals surface area contributed by atoms with Gasteiger partial charge in [0.25, 0.3) is 5.89 Å². The Kier molecular flexibility index (Phi) is 2.60. The monoisotopic (exact) mass is 248 g/mol. The van der Waals surface area contributed by atoms with Gasteiger partial charge in [0.2, 0.25) is 5.91 Å². The van der Waals surface area contributed by atoms with E-state index in [2.05, 4.69) is 10.2 Å². The summed E-state index contributed by atoms with van der Waals surface area (Å²) in [6.45, 7) is 0.997. The summed E-state index contributed by atoms with van der Waals surface area (Å²) in [7, 11) is 0. The molecule has 1 saturated heterocycles. The van der Waals surface area contributed by atoms with Gasteiger partial charge in [0.15, 0.2) is 5.76 Å². The first-order valence-electron chi connectivity index (χ1n) is 5.65. The van der Waals surface area contributed by atoms with Crippen LogP contribution in [-0.2, 0) is 4.79 Å². The quantitative estimate of drug-likeness (QED) is 0.855. The smallest absolute Gasteiger partial charge is 0.325 e. The van der Waals surface area contributed by atoms with Gasteiger partial charge in [-0.15, -0.1) is 5.10 Å². The molecule has 7 nitrogen and oxygen atoms in total. The van der Waals surface area contributed by atoms with Crippen LogP contribution in [0.5, 0.6) is 0 Å². The van der Waals surface area contributed by atoms with Crippen molar-refractivity contribution in [1.29, 1.82) is 0 Å². The normalized spacial score (nSPS) is 19.7. The Labute approximate surface area is 103 Å². The highest BCUT2D eigenvalue weighted by Gasteiger charge is 2.33. The van der Waals surface area contributed by atoms with Crippen LogP contribution in [0.4, 0.5) is 6.01 Å². The molecule has 7 heteroatoms. The fourth-order valence-electron chi connectivity index (χ4n) is 1.95. The molecule has 1 amide bonds. The Balaban J connectivity index is 1.84. The van der Waals surface area contributed by atoms with Gasteiger partial charge in [-0.1, -0.05) is 5.10 Å². The minimum Gasteiger partial charge on any atom is -0.459 e. The summed E-state index contributed by atoms with van der Waals surface area (Å²) in [5.74, 6) is 0.853. The molecule has 2 aromatic rings. The maximum absolute atomic E-state index is 11.8. The van der Waals surface area contributed by atoms with Crippen LogP contribution in [0.25, 0.3) is 11.7 Å². The molecule has 2 N–H and O–H groups in total. The van der Waals surface area contributed by atoms with Gasteiger partial charge < -0.3 is 14.6 Å². The molecule has 0 bridgehead atoms.